The summed E-state index contributed by atoms with van der Waals surface area (Å²) in [5.41, 5.74) is 0.248. The first kappa shape index (κ1) is 16.3. The maximum Gasteiger partial charge on any atom is 0.194 e. The third-order valence-corrected chi connectivity index (χ3v) is 3.40. The molecule has 2 nitrogen and oxygen atoms in total. The largest absolute Gasteiger partial charge is 0.314 e. The highest BCUT2D eigenvalue weighted by Crippen LogP contribution is 2.28. The van der Waals surface area contributed by atoms with Crippen LogP contribution in [-0.2, 0) is 0 Å². The molecule has 0 saturated carbocycles. The lowest BCUT2D eigenvalue weighted by Crippen LogP contribution is -2.45. The Bertz CT molecular complexity index is 423. The van der Waals surface area contributed by atoms with Crippen LogP contribution in [0.4, 0.5) is 13.2 Å². The molecule has 19 heavy (non-hydrogen) atoms. The lowest BCUT2D eigenvalue weighted by Gasteiger charge is -2.34. The first-order valence-electron chi connectivity index (χ1n) is 6.23. The monoisotopic (exact) mass is 294 g/mol. The number of nitrogens with one attached hydrogen (secondary N) is 1. The highest BCUT2D eigenvalue weighted by Gasteiger charge is 2.25. The van der Waals surface area contributed by atoms with Gasteiger partial charge in [0.1, 0.15) is 0 Å². The Hall–Kier alpha value is -0.780. The number of hydrogen-bond acceptors (Lipinski definition) is 2. The van der Waals surface area contributed by atoms with Gasteiger partial charge in [0, 0.05) is 37.8 Å². The van der Waals surface area contributed by atoms with Crippen LogP contribution in [-0.4, -0.2) is 31.1 Å². The van der Waals surface area contributed by atoms with Crippen molar-refractivity contribution in [1.29, 1.82) is 0 Å². The minimum Gasteiger partial charge on any atom is -0.314 e. The van der Waals surface area contributed by atoms with Crippen molar-refractivity contribution < 1.29 is 13.2 Å². The summed E-state index contributed by atoms with van der Waals surface area (Å²) in [5, 5.41) is 3.21. The summed E-state index contributed by atoms with van der Waals surface area (Å²) in [6.45, 7) is 5.17. The molecule has 2 rings (SSSR count). The smallest absolute Gasteiger partial charge is 0.194 e. The molecule has 0 aliphatic carbocycles. The van der Waals surface area contributed by atoms with Crippen LogP contribution in [0.15, 0.2) is 12.1 Å². The average molecular weight is 295 g/mol. The van der Waals surface area contributed by atoms with Crippen molar-refractivity contribution in [3.05, 3.63) is 35.1 Å². The first-order valence-corrected chi connectivity index (χ1v) is 6.23. The number of nitrogens with zero attached hydrogens (tertiary/aromatic N) is 1. The van der Waals surface area contributed by atoms with E-state index in [1.54, 1.807) is 0 Å². The number of halogens is 4. The van der Waals surface area contributed by atoms with E-state index in [1.807, 2.05) is 6.92 Å². The lowest BCUT2D eigenvalue weighted by atomic mass is 10.0. The van der Waals surface area contributed by atoms with Gasteiger partial charge in [0.05, 0.1) is 0 Å². The highest BCUT2D eigenvalue weighted by molar-refractivity contribution is 5.85. The average Bonchev–Trinajstić information content (AvgIpc) is 2.41. The molecule has 108 valence electrons. The standard InChI is InChI=1S/C13H17F3N2.ClH/c1-2-11(18-7-5-17-6-8-18)9-3-4-10(14)13(16)12(9)15;/h3-4,11,17H,2,5-8H2,1H3;1H/t11-;/m1./s1. The summed E-state index contributed by atoms with van der Waals surface area (Å²) in [6, 6.07) is 2.16. The predicted octanol–water partition coefficient (Wildman–Crippen LogP) is 2.88. The zero-order valence-electron chi connectivity index (χ0n) is 10.8. The van der Waals surface area contributed by atoms with Gasteiger partial charge < -0.3 is 5.32 Å². The van der Waals surface area contributed by atoms with Gasteiger partial charge in [0.15, 0.2) is 17.5 Å². The van der Waals surface area contributed by atoms with Crippen LogP contribution < -0.4 is 5.32 Å². The zero-order chi connectivity index (χ0) is 13.1. The fourth-order valence-electron chi connectivity index (χ4n) is 2.47. The van der Waals surface area contributed by atoms with Gasteiger partial charge >= 0.3 is 0 Å². The maximum absolute atomic E-state index is 13.8. The van der Waals surface area contributed by atoms with E-state index in [4.69, 9.17) is 0 Å². The fraction of sp³-hybridized carbons (Fsp3) is 0.538. The normalized spacial score (nSPS) is 17.9. The van der Waals surface area contributed by atoms with Crippen molar-refractivity contribution in [2.24, 2.45) is 0 Å². The van der Waals surface area contributed by atoms with Gasteiger partial charge in [-0.2, -0.15) is 0 Å². The van der Waals surface area contributed by atoms with E-state index in [2.05, 4.69) is 10.2 Å². The summed E-state index contributed by atoms with van der Waals surface area (Å²) >= 11 is 0. The van der Waals surface area contributed by atoms with Crippen molar-refractivity contribution in [3.8, 4) is 0 Å². The van der Waals surface area contributed by atoms with Gasteiger partial charge in [-0.05, 0) is 12.5 Å². The molecule has 6 heteroatoms. The predicted molar refractivity (Wildman–Crippen MR) is 71.0 cm³/mol. The molecule has 0 bridgehead atoms. The van der Waals surface area contributed by atoms with E-state index < -0.39 is 17.5 Å². The Balaban J connectivity index is 0.00000180. The fourth-order valence-corrected chi connectivity index (χ4v) is 2.47. The lowest BCUT2D eigenvalue weighted by molar-refractivity contribution is 0.165. The van der Waals surface area contributed by atoms with E-state index in [1.165, 1.54) is 6.07 Å². The molecule has 1 aromatic rings. The molecule has 1 aliphatic rings. The Kier molecular flexibility index (Phi) is 6.10. The van der Waals surface area contributed by atoms with Crippen LogP contribution in [0.2, 0.25) is 0 Å². The Morgan fingerprint density at radius 3 is 2.37 bits per heavy atom. The number of hydrogen-bond donors (Lipinski definition) is 1. The Labute approximate surface area is 117 Å². The van der Waals surface area contributed by atoms with Crippen molar-refractivity contribution in [2.75, 3.05) is 26.2 Å². The second-order valence-corrected chi connectivity index (χ2v) is 4.47. The van der Waals surface area contributed by atoms with E-state index in [0.717, 1.165) is 32.2 Å². The van der Waals surface area contributed by atoms with E-state index in [-0.39, 0.29) is 24.0 Å². The molecular formula is C13H18ClF3N2. The van der Waals surface area contributed by atoms with Gasteiger partial charge in [-0.1, -0.05) is 13.0 Å². The summed E-state index contributed by atoms with van der Waals surface area (Å²) in [6.07, 6.45) is 0.669. The van der Waals surface area contributed by atoms with Crippen LogP contribution in [0.5, 0.6) is 0 Å². The Morgan fingerprint density at radius 2 is 1.79 bits per heavy atom. The van der Waals surface area contributed by atoms with E-state index in [9.17, 15) is 13.2 Å². The minimum absolute atomic E-state index is 0. The quantitative estimate of drug-likeness (QED) is 0.863. The van der Waals surface area contributed by atoms with Crippen molar-refractivity contribution in [1.82, 2.24) is 10.2 Å². The molecule has 1 saturated heterocycles. The topological polar surface area (TPSA) is 15.3 Å². The highest BCUT2D eigenvalue weighted by atomic mass is 35.5. The van der Waals surface area contributed by atoms with Crippen LogP contribution in [0.25, 0.3) is 0 Å². The summed E-state index contributed by atoms with van der Waals surface area (Å²) in [4.78, 5) is 2.10. The number of rotatable bonds is 3. The molecule has 0 radical (unpaired) electrons. The Morgan fingerprint density at radius 1 is 1.16 bits per heavy atom. The number of piperazine rings is 1. The summed E-state index contributed by atoms with van der Waals surface area (Å²) < 4.78 is 40.0. The van der Waals surface area contributed by atoms with Gasteiger partial charge in [0.2, 0.25) is 0 Å². The molecule has 0 amide bonds. The molecule has 0 aromatic heterocycles. The number of benzene rings is 1. The van der Waals surface area contributed by atoms with E-state index >= 15 is 0 Å². The van der Waals surface area contributed by atoms with Crippen LogP contribution in [0.3, 0.4) is 0 Å². The molecule has 1 aromatic carbocycles. The molecule has 0 spiro atoms. The third-order valence-electron chi connectivity index (χ3n) is 3.40. The van der Waals surface area contributed by atoms with Gasteiger partial charge in [-0.25, -0.2) is 13.2 Å². The molecule has 1 fully saturated rings. The summed E-state index contributed by atoms with van der Waals surface area (Å²) in [5.74, 6) is -3.56. The molecule has 1 aliphatic heterocycles. The minimum atomic E-state index is -1.37. The first-order chi connectivity index (χ1) is 8.65. The van der Waals surface area contributed by atoms with Gasteiger partial charge in [-0.15, -0.1) is 12.4 Å². The van der Waals surface area contributed by atoms with Gasteiger partial charge in [-0.3, -0.25) is 4.90 Å². The molecular weight excluding hydrogens is 277 g/mol. The second kappa shape index (κ2) is 7.12. The second-order valence-electron chi connectivity index (χ2n) is 4.47. The molecule has 0 unspecified atom stereocenters. The summed E-state index contributed by atoms with van der Waals surface area (Å²) in [7, 11) is 0. The van der Waals surface area contributed by atoms with Gasteiger partial charge in [0.25, 0.3) is 0 Å². The third kappa shape index (κ3) is 3.41. The van der Waals surface area contributed by atoms with Crippen molar-refractivity contribution in [3.63, 3.8) is 0 Å². The van der Waals surface area contributed by atoms with Crippen LogP contribution in [0, 0.1) is 17.5 Å². The maximum atomic E-state index is 13.8. The molecule has 1 atom stereocenters. The zero-order valence-corrected chi connectivity index (χ0v) is 11.6. The van der Waals surface area contributed by atoms with Crippen LogP contribution >= 0.6 is 12.4 Å². The molecule has 1 heterocycles. The van der Waals surface area contributed by atoms with Crippen molar-refractivity contribution >= 4 is 12.4 Å². The van der Waals surface area contributed by atoms with Crippen LogP contribution in [0.1, 0.15) is 24.9 Å². The van der Waals surface area contributed by atoms with E-state index in [0.29, 0.717) is 6.42 Å². The molecule has 1 N–H and O–H groups in total. The van der Waals surface area contributed by atoms with Crippen molar-refractivity contribution in [2.45, 2.75) is 19.4 Å². The SMILES string of the molecule is CC[C@H](c1ccc(F)c(F)c1F)N1CCNCC1.Cl.